The first-order chi connectivity index (χ1) is 12.5. The number of aliphatic hydroxyl groups is 1. The topological polar surface area (TPSA) is 57.5 Å². The van der Waals surface area contributed by atoms with E-state index in [1.165, 1.54) is 6.07 Å². The number of nitrogens with zero attached hydrogens (tertiary/aromatic N) is 2. The smallest absolute Gasteiger partial charge is 0.267 e. The quantitative estimate of drug-likeness (QED) is 0.863. The van der Waals surface area contributed by atoms with E-state index in [9.17, 15) is 14.3 Å². The predicted octanol–water partition coefficient (Wildman–Crippen LogP) is 2.78. The van der Waals surface area contributed by atoms with Crippen LogP contribution >= 0.6 is 0 Å². The first-order valence-corrected chi connectivity index (χ1v) is 9.07. The number of likely N-dealkylation sites (tertiary alicyclic amines) is 1. The molecular formula is C20H26FN3O2. The SMILES string of the molecule is CNC(=O)c1ccc([C@@H]2CCCCN2C[C@@H](O)c2ccccc2F)n1C. The third kappa shape index (κ3) is 3.66. The molecule has 1 aliphatic rings. The third-order valence-corrected chi connectivity index (χ3v) is 5.25. The van der Waals surface area contributed by atoms with Crippen molar-refractivity contribution in [2.45, 2.75) is 31.4 Å². The number of nitrogens with one attached hydrogen (secondary N) is 1. The second-order valence-electron chi connectivity index (χ2n) is 6.83. The molecule has 0 bridgehead atoms. The molecule has 6 heteroatoms. The largest absolute Gasteiger partial charge is 0.387 e. The molecule has 3 rings (SSSR count). The van der Waals surface area contributed by atoms with Gasteiger partial charge in [0.2, 0.25) is 0 Å². The Balaban J connectivity index is 1.82. The minimum Gasteiger partial charge on any atom is -0.387 e. The molecule has 2 heterocycles. The average molecular weight is 359 g/mol. The number of β-amino-alcohol motifs (C(OH)–C–C–N with tert-alkyl or cyclic N) is 1. The molecule has 140 valence electrons. The highest BCUT2D eigenvalue weighted by Gasteiger charge is 2.29. The third-order valence-electron chi connectivity index (χ3n) is 5.25. The fourth-order valence-electron chi connectivity index (χ4n) is 3.83. The molecule has 26 heavy (non-hydrogen) atoms. The van der Waals surface area contributed by atoms with Crippen molar-refractivity contribution in [1.29, 1.82) is 0 Å². The van der Waals surface area contributed by atoms with Gasteiger partial charge in [0.05, 0.1) is 12.1 Å². The summed E-state index contributed by atoms with van der Waals surface area (Å²) in [4.78, 5) is 14.2. The first kappa shape index (κ1) is 18.6. The summed E-state index contributed by atoms with van der Waals surface area (Å²) >= 11 is 0. The normalized spacial score (nSPS) is 19.3. The van der Waals surface area contributed by atoms with E-state index in [0.717, 1.165) is 31.5 Å². The van der Waals surface area contributed by atoms with Crippen LogP contribution in [-0.2, 0) is 7.05 Å². The highest BCUT2D eigenvalue weighted by atomic mass is 19.1. The standard InChI is InChI=1S/C20H26FN3O2/c1-22-20(26)18-11-10-16(23(18)2)17-9-5-6-12-24(17)13-19(25)14-7-3-4-8-15(14)21/h3-4,7-8,10-11,17,19,25H,5-6,9,12-13H2,1-2H3,(H,22,26)/t17-,19+/m0/s1. The monoisotopic (exact) mass is 359 g/mol. The Hall–Kier alpha value is -2.18. The van der Waals surface area contributed by atoms with Gasteiger partial charge in [-0.2, -0.15) is 0 Å². The highest BCUT2D eigenvalue weighted by Crippen LogP contribution is 2.33. The number of carbonyl (C=O) groups excluding carboxylic acids is 1. The molecule has 1 amide bonds. The summed E-state index contributed by atoms with van der Waals surface area (Å²) in [5.74, 6) is -0.498. The molecule has 2 atom stereocenters. The summed E-state index contributed by atoms with van der Waals surface area (Å²) < 4.78 is 15.9. The van der Waals surface area contributed by atoms with Crippen molar-refractivity contribution >= 4 is 5.91 Å². The molecule has 0 unspecified atom stereocenters. The van der Waals surface area contributed by atoms with Gasteiger partial charge in [0, 0.05) is 31.9 Å². The Morgan fingerprint density at radius 1 is 1.31 bits per heavy atom. The summed E-state index contributed by atoms with van der Waals surface area (Å²) in [7, 11) is 3.51. The summed E-state index contributed by atoms with van der Waals surface area (Å²) in [6.45, 7) is 1.21. The number of aromatic nitrogens is 1. The van der Waals surface area contributed by atoms with Gasteiger partial charge < -0.3 is 15.0 Å². The van der Waals surface area contributed by atoms with E-state index < -0.39 is 6.10 Å². The molecule has 2 aromatic rings. The Labute approximate surface area is 153 Å². The fraction of sp³-hybridized carbons (Fsp3) is 0.450. The number of rotatable bonds is 5. The molecule has 0 radical (unpaired) electrons. The zero-order chi connectivity index (χ0) is 18.7. The lowest BCUT2D eigenvalue weighted by atomic mass is 9.97. The van der Waals surface area contributed by atoms with Crippen LogP contribution in [0.5, 0.6) is 0 Å². The molecule has 1 aromatic heterocycles. The van der Waals surface area contributed by atoms with E-state index in [-0.39, 0.29) is 17.8 Å². The lowest BCUT2D eigenvalue weighted by Crippen LogP contribution is -2.37. The molecular weight excluding hydrogens is 333 g/mol. The molecule has 0 aliphatic carbocycles. The van der Waals surface area contributed by atoms with Crippen molar-refractivity contribution in [2.24, 2.45) is 7.05 Å². The maximum atomic E-state index is 14.0. The van der Waals surface area contributed by atoms with Crippen LogP contribution in [0.4, 0.5) is 4.39 Å². The highest BCUT2D eigenvalue weighted by molar-refractivity contribution is 5.92. The number of piperidine rings is 1. The van der Waals surface area contributed by atoms with Crippen LogP contribution in [0.15, 0.2) is 36.4 Å². The number of amides is 1. The zero-order valence-electron chi connectivity index (χ0n) is 15.3. The number of benzene rings is 1. The van der Waals surface area contributed by atoms with Crippen molar-refractivity contribution < 1.29 is 14.3 Å². The van der Waals surface area contributed by atoms with Gasteiger partial charge in [0.15, 0.2) is 0 Å². The molecule has 0 spiro atoms. The van der Waals surface area contributed by atoms with Crippen LogP contribution in [0.2, 0.25) is 0 Å². The van der Waals surface area contributed by atoms with Crippen LogP contribution in [-0.4, -0.2) is 40.6 Å². The Morgan fingerprint density at radius 2 is 2.08 bits per heavy atom. The lowest BCUT2D eigenvalue weighted by Gasteiger charge is -2.37. The molecule has 5 nitrogen and oxygen atoms in total. The van der Waals surface area contributed by atoms with Crippen LogP contribution in [0.25, 0.3) is 0 Å². The van der Waals surface area contributed by atoms with E-state index in [4.69, 9.17) is 0 Å². The number of hydrogen-bond acceptors (Lipinski definition) is 3. The maximum Gasteiger partial charge on any atom is 0.267 e. The van der Waals surface area contributed by atoms with E-state index in [1.54, 1.807) is 25.2 Å². The van der Waals surface area contributed by atoms with Crippen LogP contribution in [0.1, 0.15) is 53.2 Å². The van der Waals surface area contributed by atoms with Gasteiger partial charge in [-0.25, -0.2) is 4.39 Å². The van der Waals surface area contributed by atoms with Gasteiger partial charge in [-0.1, -0.05) is 24.6 Å². The number of hydrogen-bond donors (Lipinski definition) is 2. The minimum atomic E-state index is -0.879. The van der Waals surface area contributed by atoms with Crippen LogP contribution in [0, 0.1) is 5.82 Å². The zero-order valence-corrected chi connectivity index (χ0v) is 15.3. The molecule has 2 N–H and O–H groups in total. The molecule has 1 aromatic carbocycles. The van der Waals surface area contributed by atoms with Gasteiger partial charge in [0.1, 0.15) is 11.5 Å². The summed E-state index contributed by atoms with van der Waals surface area (Å²) in [6.07, 6.45) is 2.22. The lowest BCUT2D eigenvalue weighted by molar-refractivity contribution is 0.0623. The summed E-state index contributed by atoms with van der Waals surface area (Å²) in [5, 5.41) is 13.2. The number of halogens is 1. The second-order valence-corrected chi connectivity index (χ2v) is 6.83. The van der Waals surface area contributed by atoms with Gasteiger partial charge >= 0.3 is 0 Å². The molecule has 1 saturated heterocycles. The number of carbonyl (C=O) groups is 1. The van der Waals surface area contributed by atoms with Crippen LogP contribution in [0.3, 0.4) is 0 Å². The van der Waals surface area contributed by atoms with E-state index in [0.29, 0.717) is 17.8 Å². The summed E-state index contributed by atoms with van der Waals surface area (Å²) in [5.41, 5.74) is 1.99. The Kier molecular flexibility index (Phi) is 5.74. The first-order valence-electron chi connectivity index (χ1n) is 9.07. The maximum absolute atomic E-state index is 14.0. The Morgan fingerprint density at radius 3 is 2.81 bits per heavy atom. The van der Waals surface area contributed by atoms with Crippen molar-refractivity contribution in [2.75, 3.05) is 20.1 Å². The van der Waals surface area contributed by atoms with Crippen molar-refractivity contribution in [1.82, 2.24) is 14.8 Å². The molecule has 1 fully saturated rings. The van der Waals surface area contributed by atoms with E-state index in [2.05, 4.69) is 10.2 Å². The van der Waals surface area contributed by atoms with Gasteiger partial charge in [-0.3, -0.25) is 9.69 Å². The number of aliphatic hydroxyl groups excluding tert-OH is 1. The van der Waals surface area contributed by atoms with Gasteiger partial charge in [-0.15, -0.1) is 0 Å². The van der Waals surface area contributed by atoms with Crippen molar-refractivity contribution in [3.05, 3.63) is 59.2 Å². The second kappa shape index (κ2) is 8.01. The van der Waals surface area contributed by atoms with Crippen molar-refractivity contribution in [3.8, 4) is 0 Å². The summed E-state index contributed by atoms with van der Waals surface area (Å²) in [6, 6.07) is 10.3. The van der Waals surface area contributed by atoms with E-state index >= 15 is 0 Å². The van der Waals surface area contributed by atoms with Crippen LogP contribution < -0.4 is 5.32 Å². The Bertz CT molecular complexity index is 774. The molecule has 0 saturated carbocycles. The van der Waals surface area contributed by atoms with Gasteiger partial charge in [-0.05, 0) is 37.6 Å². The van der Waals surface area contributed by atoms with E-state index in [1.807, 2.05) is 23.7 Å². The predicted molar refractivity (Wildman–Crippen MR) is 98.3 cm³/mol. The average Bonchev–Trinajstić information content (AvgIpc) is 3.03. The fourth-order valence-corrected chi connectivity index (χ4v) is 3.83. The van der Waals surface area contributed by atoms with Crippen molar-refractivity contribution in [3.63, 3.8) is 0 Å². The van der Waals surface area contributed by atoms with Gasteiger partial charge in [0.25, 0.3) is 5.91 Å². The molecule has 1 aliphatic heterocycles. The minimum absolute atomic E-state index is 0.105.